The van der Waals surface area contributed by atoms with E-state index in [1.807, 2.05) is 0 Å². The fourth-order valence-corrected chi connectivity index (χ4v) is 2.42. The molecule has 0 spiro atoms. The van der Waals surface area contributed by atoms with Gasteiger partial charge in [-0.2, -0.15) is 13.2 Å². The highest BCUT2D eigenvalue weighted by Crippen LogP contribution is 2.35. The van der Waals surface area contributed by atoms with Crippen LogP contribution in [-0.2, 0) is 10.9 Å². The van der Waals surface area contributed by atoms with Crippen LogP contribution in [0.5, 0.6) is 0 Å². The largest absolute Gasteiger partial charge is 0.417 e. The highest BCUT2D eigenvalue weighted by Gasteiger charge is 2.35. The number of halogens is 3. The van der Waals surface area contributed by atoms with Gasteiger partial charge >= 0.3 is 6.18 Å². The van der Waals surface area contributed by atoms with E-state index in [-0.39, 0.29) is 17.2 Å². The number of aliphatic hydroxyl groups is 1. The van der Waals surface area contributed by atoms with E-state index in [4.69, 9.17) is 15.6 Å². The SMILES string of the molecule is NC(=S)c1ccc(N2CCOC(CO)C2)cc1C(F)(F)F. The zero-order valence-corrected chi connectivity index (χ0v) is 11.9. The number of thiocarbonyl (C=S) groups is 1. The molecule has 1 fully saturated rings. The normalized spacial score (nSPS) is 19.6. The van der Waals surface area contributed by atoms with E-state index in [0.29, 0.717) is 25.4 Å². The number of hydrogen-bond acceptors (Lipinski definition) is 4. The van der Waals surface area contributed by atoms with Crippen molar-refractivity contribution in [3.05, 3.63) is 29.3 Å². The molecule has 0 aliphatic carbocycles. The third-order valence-electron chi connectivity index (χ3n) is 3.28. The van der Waals surface area contributed by atoms with Gasteiger partial charge in [0.2, 0.25) is 0 Å². The van der Waals surface area contributed by atoms with E-state index >= 15 is 0 Å². The van der Waals surface area contributed by atoms with Crippen LogP contribution in [0.15, 0.2) is 18.2 Å². The third kappa shape index (κ3) is 3.63. The lowest BCUT2D eigenvalue weighted by molar-refractivity contribution is -0.137. The molecule has 0 amide bonds. The summed E-state index contributed by atoms with van der Waals surface area (Å²) in [4.78, 5) is 1.45. The number of aliphatic hydroxyl groups excluding tert-OH is 1. The van der Waals surface area contributed by atoms with Gasteiger partial charge in [-0.3, -0.25) is 0 Å². The fourth-order valence-electron chi connectivity index (χ4n) is 2.24. The molecule has 1 aromatic carbocycles. The van der Waals surface area contributed by atoms with Gasteiger partial charge in [0.25, 0.3) is 0 Å². The van der Waals surface area contributed by atoms with Gasteiger partial charge in [0.05, 0.1) is 24.9 Å². The van der Waals surface area contributed by atoms with E-state index in [2.05, 4.69) is 12.2 Å². The van der Waals surface area contributed by atoms with E-state index in [9.17, 15) is 13.2 Å². The number of ether oxygens (including phenoxy) is 1. The van der Waals surface area contributed by atoms with Gasteiger partial charge < -0.3 is 20.5 Å². The van der Waals surface area contributed by atoms with Crippen LogP contribution in [0.1, 0.15) is 11.1 Å². The molecule has 0 saturated carbocycles. The second kappa shape index (κ2) is 6.17. The fraction of sp³-hybridized carbons (Fsp3) is 0.462. The minimum atomic E-state index is -4.53. The minimum absolute atomic E-state index is 0.173. The number of alkyl halides is 3. The van der Waals surface area contributed by atoms with Crippen molar-refractivity contribution < 1.29 is 23.0 Å². The summed E-state index contributed by atoms with van der Waals surface area (Å²) < 4.78 is 44.6. The molecule has 2 rings (SSSR count). The van der Waals surface area contributed by atoms with Crippen LogP contribution in [-0.4, -0.2) is 42.5 Å². The van der Waals surface area contributed by atoms with E-state index in [1.54, 1.807) is 11.0 Å². The Labute approximate surface area is 125 Å². The molecule has 1 aliphatic rings. The molecule has 1 heterocycles. The first kappa shape index (κ1) is 16.0. The van der Waals surface area contributed by atoms with Crippen LogP contribution >= 0.6 is 12.2 Å². The summed E-state index contributed by atoms with van der Waals surface area (Å²) in [5.41, 5.74) is 4.72. The Morgan fingerprint density at radius 3 is 2.76 bits per heavy atom. The first-order chi connectivity index (χ1) is 9.82. The Balaban J connectivity index is 2.35. The summed E-state index contributed by atoms with van der Waals surface area (Å²) in [5, 5.41) is 9.09. The Morgan fingerprint density at radius 2 is 2.19 bits per heavy atom. The molecule has 0 aromatic heterocycles. The third-order valence-corrected chi connectivity index (χ3v) is 3.50. The second-order valence-electron chi connectivity index (χ2n) is 4.71. The molecule has 8 heteroatoms. The van der Waals surface area contributed by atoms with Crippen LogP contribution in [0.3, 0.4) is 0 Å². The number of rotatable bonds is 3. The molecule has 3 N–H and O–H groups in total. The summed E-state index contributed by atoms with van der Waals surface area (Å²) >= 11 is 4.67. The number of nitrogens with two attached hydrogens (primary N) is 1. The first-order valence-corrected chi connectivity index (χ1v) is 6.72. The number of morpholine rings is 1. The van der Waals surface area contributed by atoms with E-state index in [1.165, 1.54) is 6.07 Å². The minimum Gasteiger partial charge on any atom is -0.394 e. The van der Waals surface area contributed by atoms with Crippen LogP contribution in [0, 0.1) is 0 Å². The van der Waals surface area contributed by atoms with Gasteiger partial charge in [-0.15, -0.1) is 0 Å². The van der Waals surface area contributed by atoms with Crippen molar-refractivity contribution in [3.63, 3.8) is 0 Å². The maximum Gasteiger partial charge on any atom is 0.417 e. The summed E-state index contributed by atoms with van der Waals surface area (Å²) in [7, 11) is 0. The topological polar surface area (TPSA) is 58.7 Å². The van der Waals surface area contributed by atoms with Crippen molar-refractivity contribution in [1.29, 1.82) is 0 Å². The molecule has 4 nitrogen and oxygen atoms in total. The van der Waals surface area contributed by atoms with Gasteiger partial charge in [0.15, 0.2) is 0 Å². The zero-order valence-electron chi connectivity index (χ0n) is 11.1. The quantitative estimate of drug-likeness (QED) is 0.828. The Morgan fingerprint density at radius 1 is 1.48 bits per heavy atom. The molecule has 1 atom stereocenters. The smallest absolute Gasteiger partial charge is 0.394 e. The lowest BCUT2D eigenvalue weighted by Crippen LogP contribution is -2.44. The Hall–Kier alpha value is -1.38. The Bertz CT molecular complexity index is 537. The average Bonchev–Trinajstić information content (AvgIpc) is 2.45. The lowest BCUT2D eigenvalue weighted by atomic mass is 10.0. The maximum atomic E-state index is 13.1. The summed E-state index contributed by atoms with van der Waals surface area (Å²) in [6.07, 6.45) is -4.93. The second-order valence-corrected chi connectivity index (χ2v) is 5.15. The molecule has 1 aromatic rings. The summed E-state index contributed by atoms with van der Waals surface area (Å²) in [5.74, 6) is 0. The number of nitrogens with zero attached hydrogens (tertiary/aromatic N) is 1. The van der Waals surface area contributed by atoms with Gasteiger partial charge in [-0.25, -0.2) is 0 Å². The molecule has 1 saturated heterocycles. The highest BCUT2D eigenvalue weighted by molar-refractivity contribution is 7.80. The van der Waals surface area contributed by atoms with Gasteiger partial charge in [-0.05, 0) is 18.2 Å². The van der Waals surface area contributed by atoms with E-state index in [0.717, 1.165) is 6.07 Å². The molecule has 1 aliphatic heterocycles. The predicted molar refractivity (Wildman–Crippen MR) is 76.4 cm³/mol. The molecule has 0 radical (unpaired) electrons. The average molecular weight is 320 g/mol. The summed E-state index contributed by atoms with van der Waals surface area (Å²) in [6.45, 7) is 0.970. The van der Waals surface area contributed by atoms with Crippen LogP contribution < -0.4 is 10.6 Å². The van der Waals surface area contributed by atoms with E-state index < -0.39 is 17.8 Å². The number of anilines is 1. The molecule has 21 heavy (non-hydrogen) atoms. The van der Waals surface area contributed by atoms with Gasteiger partial charge in [0, 0.05) is 24.3 Å². The monoisotopic (exact) mass is 320 g/mol. The standard InChI is InChI=1S/C13H15F3N2O2S/c14-13(15,16)11-5-8(1-2-10(11)12(17)21)18-3-4-20-9(6-18)7-19/h1-2,5,9,19H,3-4,6-7H2,(H2,17,21). The summed E-state index contributed by atoms with van der Waals surface area (Å²) in [6, 6.07) is 3.86. The van der Waals surface area contributed by atoms with Gasteiger partial charge in [0.1, 0.15) is 4.99 Å². The lowest BCUT2D eigenvalue weighted by Gasteiger charge is -2.34. The zero-order chi connectivity index (χ0) is 15.6. The first-order valence-electron chi connectivity index (χ1n) is 6.31. The van der Waals surface area contributed by atoms with Crippen LogP contribution in [0.4, 0.5) is 18.9 Å². The number of hydrogen-bond donors (Lipinski definition) is 2. The molecule has 116 valence electrons. The van der Waals surface area contributed by atoms with Crippen LogP contribution in [0.25, 0.3) is 0 Å². The molecule has 1 unspecified atom stereocenters. The van der Waals surface area contributed by atoms with Crippen molar-refractivity contribution in [1.82, 2.24) is 0 Å². The molecule has 0 bridgehead atoms. The predicted octanol–water partition coefficient (Wildman–Crippen LogP) is 1.54. The molecular weight excluding hydrogens is 305 g/mol. The maximum absolute atomic E-state index is 13.1. The van der Waals surface area contributed by atoms with Crippen molar-refractivity contribution in [2.75, 3.05) is 31.2 Å². The van der Waals surface area contributed by atoms with Crippen molar-refractivity contribution in [2.24, 2.45) is 5.73 Å². The molecular formula is C13H15F3N2O2S. The van der Waals surface area contributed by atoms with Crippen molar-refractivity contribution in [3.8, 4) is 0 Å². The van der Waals surface area contributed by atoms with Crippen molar-refractivity contribution in [2.45, 2.75) is 12.3 Å². The Kier molecular flexibility index (Phi) is 4.70. The number of benzene rings is 1. The highest BCUT2D eigenvalue weighted by atomic mass is 32.1. The van der Waals surface area contributed by atoms with Crippen LogP contribution in [0.2, 0.25) is 0 Å². The van der Waals surface area contributed by atoms with Gasteiger partial charge in [-0.1, -0.05) is 12.2 Å². The van der Waals surface area contributed by atoms with Crippen molar-refractivity contribution >= 4 is 22.9 Å².